The second-order valence-corrected chi connectivity index (χ2v) is 5.30. The minimum Gasteiger partial charge on any atom is -0.396 e. The molecule has 19 heavy (non-hydrogen) atoms. The van der Waals surface area contributed by atoms with Crippen molar-refractivity contribution in [1.29, 1.82) is 0 Å². The topological polar surface area (TPSA) is 69.6 Å². The lowest BCUT2D eigenvalue weighted by Crippen LogP contribution is -2.28. The van der Waals surface area contributed by atoms with Crippen LogP contribution in [-0.2, 0) is 9.59 Å². The number of hydrogen-bond acceptors (Lipinski definition) is 3. The lowest BCUT2D eigenvalue weighted by molar-refractivity contribution is -0.130. The van der Waals surface area contributed by atoms with Gasteiger partial charge in [0.05, 0.1) is 0 Å². The summed E-state index contributed by atoms with van der Waals surface area (Å²) in [6.07, 6.45) is 5.22. The Morgan fingerprint density at radius 3 is 2.79 bits per heavy atom. The standard InChI is InChI=1S/C14H26N2O3/c1-12(18)15-8-4-2-3-5-14(19)16-9-6-13(11-16)7-10-17/h13,17H,2-11H2,1H3,(H,15,18). The Morgan fingerprint density at radius 1 is 1.32 bits per heavy atom. The first-order chi connectivity index (χ1) is 9.13. The monoisotopic (exact) mass is 270 g/mol. The SMILES string of the molecule is CC(=O)NCCCCCC(=O)N1CCC(CCO)C1. The van der Waals surface area contributed by atoms with Gasteiger partial charge >= 0.3 is 0 Å². The Bertz CT molecular complexity index is 294. The van der Waals surface area contributed by atoms with Crippen LogP contribution in [0.1, 0.15) is 45.4 Å². The normalized spacial score (nSPS) is 18.6. The third-order valence-corrected chi connectivity index (χ3v) is 3.62. The van der Waals surface area contributed by atoms with Gasteiger partial charge in [0.1, 0.15) is 0 Å². The molecular weight excluding hydrogens is 244 g/mol. The number of carbonyl (C=O) groups is 2. The first-order valence-corrected chi connectivity index (χ1v) is 7.26. The zero-order valence-electron chi connectivity index (χ0n) is 11.9. The van der Waals surface area contributed by atoms with Gasteiger partial charge in [0.15, 0.2) is 0 Å². The number of amides is 2. The number of nitrogens with one attached hydrogen (secondary N) is 1. The fourth-order valence-electron chi connectivity index (χ4n) is 2.48. The summed E-state index contributed by atoms with van der Waals surface area (Å²) in [6.45, 7) is 4.09. The molecular formula is C14H26N2O3. The molecule has 0 bridgehead atoms. The molecule has 5 nitrogen and oxygen atoms in total. The van der Waals surface area contributed by atoms with Crippen LogP contribution >= 0.6 is 0 Å². The summed E-state index contributed by atoms with van der Waals surface area (Å²) < 4.78 is 0. The zero-order valence-corrected chi connectivity index (χ0v) is 11.9. The highest BCUT2D eigenvalue weighted by Gasteiger charge is 2.24. The fraction of sp³-hybridized carbons (Fsp3) is 0.857. The van der Waals surface area contributed by atoms with Gasteiger partial charge in [0, 0.05) is 39.6 Å². The van der Waals surface area contributed by atoms with Crippen molar-refractivity contribution >= 4 is 11.8 Å². The Morgan fingerprint density at radius 2 is 2.11 bits per heavy atom. The number of aliphatic hydroxyl groups is 1. The van der Waals surface area contributed by atoms with Gasteiger partial charge in [0.25, 0.3) is 0 Å². The summed E-state index contributed by atoms with van der Waals surface area (Å²) >= 11 is 0. The smallest absolute Gasteiger partial charge is 0.222 e. The molecule has 1 aliphatic heterocycles. The highest BCUT2D eigenvalue weighted by molar-refractivity contribution is 5.76. The number of rotatable bonds is 8. The van der Waals surface area contributed by atoms with Crippen molar-refractivity contribution < 1.29 is 14.7 Å². The molecule has 1 saturated heterocycles. The lowest BCUT2D eigenvalue weighted by atomic mass is 10.1. The van der Waals surface area contributed by atoms with Crippen LogP contribution in [0.25, 0.3) is 0 Å². The summed E-state index contributed by atoms with van der Waals surface area (Å²) in [7, 11) is 0. The molecule has 1 rings (SSSR count). The third-order valence-electron chi connectivity index (χ3n) is 3.62. The van der Waals surface area contributed by atoms with Crippen LogP contribution in [0.3, 0.4) is 0 Å². The maximum Gasteiger partial charge on any atom is 0.222 e. The average molecular weight is 270 g/mol. The second kappa shape index (κ2) is 8.91. The predicted octanol–water partition coefficient (Wildman–Crippen LogP) is 0.914. The molecule has 0 aromatic carbocycles. The van der Waals surface area contributed by atoms with E-state index in [0.717, 1.165) is 45.2 Å². The van der Waals surface area contributed by atoms with Crippen molar-refractivity contribution in [3.63, 3.8) is 0 Å². The van der Waals surface area contributed by atoms with Crippen LogP contribution in [-0.4, -0.2) is 48.1 Å². The summed E-state index contributed by atoms with van der Waals surface area (Å²) in [4.78, 5) is 24.5. The van der Waals surface area contributed by atoms with Crippen molar-refractivity contribution in [3.05, 3.63) is 0 Å². The van der Waals surface area contributed by atoms with Gasteiger partial charge in [-0.15, -0.1) is 0 Å². The van der Waals surface area contributed by atoms with Crippen LogP contribution in [0.2, 0.25) is 0 Å². The van der Waals surface area contributed by atoms with Gasteiger partial charge in [-0.2, -0.15) is 0 Å². The van der Waals surface area contributed by atoms with Crippen molar-refractivity contribution in [2.75, 3.05) is 26.2 Å². The molecule has 0 spiro atoms. The first kappa shape index (κ1) is 16.0. The maximum absolute atomic E-state index is 11.9. The third kappa shape index (κ3) is 6.57. The molecule has 1 unspecified atom stereocenters. The maximum atomic E-state index is 11.9. The minimum absolute atomic E-state index is 0.00284. The van der Waals surface area contributed by atoms with Crippen molar-refractivity contribution in [1.82, 2.24) is 10.2 Å². The molecule has 0 aromatic rings. The molecule has 1 aliphatic rings. The van der Waals surface area contributed by atoms with Gasteiger partial charge in [-0.05, 0) is 31.6 Å². The van der Waals surface area contributed by atoms with E-state index in [4.69, 9.17) is 5.11 Å². The molecule has 0 radical (unpaired) electrons. The van der Waals surface area contributed by atoms with Gasteiger partial charge in [0.2, 0.25) is 11.8 Å². The van der Waals surface area contributed by atoms with E-state index in [2.05, 4.69) is 5.32 Å². The molecule has 2 amide bonds. The van der Waals surface area contributed by atoms with Crippen molar-refractivity contribution in [2.24, 2.45) is 5.92 Å². The van der Waals surface area contributed by atoms with Crippen LogP contribution in [0.5, 0.6) is 0 Å². The summed E-state index contributed by atoms with van der Waals surface area (Å²) in [6, 6.07) is 0. The number of aliphatic hydroxyl groups excluding tert-OH is 1. The Labute approximate surface area is 115 Å². The Hall–Kier alpha value is -1.10. The van der Waals surface area contributed by atoms with E-state index in [1.54, 1.807) is 0 Å². The minimum atomic E-state index is 0.00284. The molecule has 2 N–H and O–H groups in total. The van der Waals surface area contributed by atoms with Crippen LogP contribution in [0.4, 0.5) is 0 Å². The largest absolute Gasteiger partial charge is 0.396 e. The molecule has 0 aliphatic carbocycles. The summed E-state index contributed by atoms with van der Waals surface area (Å²) in [5.74, 6) is 0.719. The number of likely N-dealkylation sites (tertiary alicyclic amines) is 1. The predicted molar refractivity (Wildman–Crippen MR) is 73.5 cm³/mol. The average Bonchev–Trinajstić information content (AvgIpc) is 2.82. The van der Waals surface area contributed by atoms with Gasteiger partial charge in [-0.3, -0.25) is 9.59 Å². The molecule has 1 atom stereocenters. The van der Waals surface area contributed by atoms with Crippen LogP contribution in [0, 0.1) is 5.92 Å². The van der Waals surface area contributed by atoms with E-state index in [-0.39, 0.29) is 18.4 Å². The fourth-order valence-corrected chi connectivity index (χ4v) is 2.48. The van der Waals surface area contributed by atoms with E-state index in [9.17, 15) is 9.59 Å². The van der Waals surface area contributed by atoms with E-state index < -0.39 is 0 Å². The molecule has 1 fully saturated rings. The molecule has 0 saturated carbocycles. The summed E-state index contributed by atoms with van der Waals surface area (Å²) in [5.41, 5.74) is 0. The van der Waals surface area contributed by atoms with E-state index >= 15 is 0 Å². The number of hydrogen-bond donors (Lipinski definition) is 2. The second-order valence-electron chi connectivity index (χ2n) is 5.30. The quantitative estimate of drug-likeness (QED) is 0.644. The Balaban J connectivity index is 2.03. The lowest BCUT2D eigenvalue weighted by Gasteiger charge is -2.16. The number of carbonyl (C=O) groups excluding carboxylic acids is 2. The first-order valence-electron chi connectivity index (χ1n) is 7.26. The van der Waals surface area contributed by atoms with E-state index in [0.29, 0.717) is 18.9 Å². The van der Waals surface area contributed by atoms with Crippen molar-refractivity contribution in [2.45, 2.75) is 45.4 Å². The summed E-state index contributed by atoms with van der Waals surface area (Å²) in [5, 5.41) is 11.6. The van der Waals surface area contributed by atoms with Gasteiger partial charge in [-0.1, -0.05) is 6.42 Å². The molecule has 0 aromatic heterocycles. The van der Waals surface area contributed by atoms with Gasteiger partial charge in [-0.25, -0.2) is 0 Å². The molecule has 1 heterocycles. The number of unbranched alkanes of at least 4 members (excludes halogenated alkanes) is 2. The number of nitrogens with zero attached hydrogens (tertiary/aromatic N) is 1. The van der Waals surface area contributed by atoms with Crippen LogP contribution in [0.15, 0.2) is 0 Å². The highest BCUT2D eigenvalue weighted by Crippen LogP contribution is 2.20. The van der Waals surface area contributed by atoms with Crippen LogP contribution < -0.4 is 5.32 Å². The Kier molecular flexibility index (Phi) is 7.48. The van der Waals surface area contributed by atoms with E-state index in [1.165, 1.54) is 6.92 Å². The van der Waals surface area contributed by atoms with Crippen molar-refractivity contribution in [3.8, 4) is 0 Å². The van der Waals surface area contributed by atoms with Gasteiger partial charge < -0.3 is 15.3 Å². The molecule has 110 valence electrons. The molecule has 5 heteroatoms. The van der Waals surface area contributed by atoms with E-state index in [1.807, 2.05) is 4.90 Å². The zero-order chi connectivity index (χ0) is 14.1. The highest BCUT2D eigenvalue weighted by atomic mass is 16.3.